The highest BCUT2D eigenvalue weighted by atomic mass is 16.5. The van der Waals surface area contributed by atoms with Gasteiger partial charge in [0.2, 0.25) is 5.89 Å². The SMILES string of the molecule is CC(C)c1noc(CN2CCNCC2c2nccn2C)n1. The first kappa shape index (κ1) is 14.2. The van der Waals surface area contributed by atoms with E-state index in [-0.39, 0.29) is 12.0 Å². The van der Waals surface area contributed by atoms with E-state index in [4.69, 9.17) is 4.52 Å². The molecule has 0 aliphatic carbocycles. The first-order valence-electron chi connectivity index (χ1n) is 7.39. The zero-order valence-corrected chi connectivity index (χ0v) is 12.8. The minimum Gasteiger partial charge on any atom is -0.338 e. The van der Waals surface area contributed by atoms with Crippen molar-refractivity contribution < 1.29 is 4.52 Å². The lowest BCUT2D eigenvalue weighted by atomic mass is 10.1. The molecule has 7 nitrogen and oxygen atoms in total. The number of aromatic nitrogens is 4. The molecule has 0 aromatic carbocycles. The molecule has 2 aromatic rings. The maximum Gasteiger partial charge on any atom is 0.240 e. The van der Waals surface area contributed by atoms with Crippen molar-refractivity contribution in [2.24, 2.45) is 7.05 Å². The Morgan fingerprint density at radius 2 is 2.33 bits per heavy atom. The van der Waals surface area contributed by atoms with Crippen LogP contribution in [0.1, 0.15) is 43.3 Å². The van der Waals surface area contributed by atoms with Gasteiger partial charge < -0.3 is 14.4 Å². The van der Waals surface area contributed by atoms with Gasteiger partial charge in [0.15, 0.2) is 5.82 Å². The number of hydrogen-bond donors (Lipinski definition) is 1. The van der Waals surface area contributed by atoms with Crippen LogP contribution in [0.5, 0.6) is 0 Å². The molecule has 21 heavy (non-hydrogen) atoms. The van der Waals surface area contributed by atoms with Crippen LogP contribution in [0.2, 0.25) is 0 Å². The van der Waals surface area contributed by atoms with Gasteiger partial charge >= 0.3 is 0 Å². The molecule has 114 valence electrons. The van der Waals surface area contributed by atoms with Gasteiger partial charge in [-0.05, 0) is 0 Å². The minimum absolute atomic E-state index is 0.230. The molecule has 0 bridgehead atoms. The molecule has 1 saturated heterocycles. The summed E-state index contributed by atoms with van der Waals surface area (Å²) in [5.41, 5.74) is 0. The molecule has 1 fully saturated rings. The number of nitrogens with zero attached hydrogens (tertiary/aromatic N) is 5. The fourth-order valence-electron chi connectivity index (χ4n) is 2.63. The maximum absolute atomic E-state index is 5.37. The maximum atomic E-state index is 5.37. The number of nitrogens with one attached hydrogen (secondary N) is 1. The average molecular weight is 290 g/mol. The standard InChI is InChI=1S/C14H22N6O/c1-10(2)13-17-12(21-18-13)9-20-7-4-15-8-11(20)14-16-5-6-19(14)3/h5-6,10-11,15H,4,7-9H2,1-3H3. The predicted molar refractivity (Wildman–Crippen MR) is 77.6 cm³/mol. The quantitative estimate of drug-likeness (QED) is 0.908. The van der Waals surface area contributed by atoms with Crippen molar-refractivity contribution in [2.45, 2.75) is 32.4 Å². The lowest BCUT2D eigenvalue weighted by Gasteiger charge is -2.34. The monoisotopic (exact) mass is 290 g/mol. The van der Waals surface area contributed by atoms with Crippen molar-refractivity contribution in [2.75, 3.05) is 19.6 Å². The van der Waals surface area contributed by atoms with Crippen molar-refractivity contribution in [1.29, 1.82) is 0 Å². The van der Waals surface area contributed by atoms with E-state index in [1.165, 1.54) is 0 Å². The first-order valence-corrected chi connectivity index (χ1v) is 7.39. The highest BCUT2D eigenvalue weighted by Gasteiger charge is 2.28. The van der Waals surface area contributed by atoms with E-state index in [0.717, 1.165) is 31.3 Å². The van der Waals surface area contributed by atoms with Crippen molar-refractivity contribution in [1.82, 2.24) is 29.9 Å². The number of aryl methyl sites for hydroxylation is 1. The summed E-state index contributed by atoms with van der Waals surface area (Å²) in [7, 11) is 2.03. The van der Waals surface area contributed by atoms with E-state index >= 15 is 0 Å². The third-order valence-corrected chi connectivity index (χ3v) is 3.85. The van der Waals surface area contributed by atoms with Gasteiger partial charge in [0, 0.05) is 45.0 Å². The van der Waals surface area contributed by atoms with Crippen molar-refractivity contribution in [3.05, 3.63) is 29.9 Å². The molecule has 1 atom stereocenters. The molecule has 0 saturated carbocycles. The summed E-state index contributed by atoms with van der Waals surface area (Å²) in [5, 5.41) is 7.47. The minimum atomic E-state index is 0.230. The van der Waals surface area contributed by atoms with Gasteiger partial charge in [-0.15, -0.1) is 0 Å². The Kier molecular flexibility index (Phi) is 4.03. The highest BCUT2D eigenvalue weighted by molar-refractivity contribution is 5.03. The fraction of sp³-hybridized carbons (Fsp3) is 0.643. The predicted octanol–water partition coefficient (Wildman–Crippen LogP) is 1.07. The second kappa shape index (κ2) is 5.95. The van der Waals surface area contributed by atoms with Crippen LogP contribution in [0.3, 0.4) is 0 Å². The summed E-state index contributed by atoms with van der Waals surface area (Å²) < 4.78 is 7.44. The van der Waals surface area contributed by atoms with Gasteiger partial charge in [0.1, 0.15) is 5.82 Å². The third-order valence-electron chi connectivity index (χ3n) is 3.85. The lowest BCUT2D eigenvalue weighted by Crippen LogP contribution is -2.46. The van der Waals surface area contributed by atoms with Crippen molar-refractivity contribution >= 4 is 0 Å². The zero-order chi connectivity index (χ0) is 14.8. The summed E-state index contributed by atoms with van der Waals surface area (Å²) in [4.78, 5) is 11.3. The Bertz CT molecular complexity index is 590. The largest absolute Gasteiger partial charge is 0.338 e. The van der Waals surface area contributed by atoms with Crippen LogP contribution < -0.4 is 5.32 Å². The summed E-state index contributed by atoms with van der Waals surface area (Å²) >= 11 is 0. The van der Waals surface area contributed by atoms with E-state index in [1.54, 1.807) is 0 Å². The Morgan fingerprint density at radius 3 is 3.00 bits per heavy atom. The molecule has 0 amide bonds. The second-order valence-corrected chi connectivity index (χ2v) is 5.79. The molecule has 1 unspecified atom stereocenters. The first-order chi connectivity index (χ1) is 10.1. The van der Waals surface area contributed by atoms with Crippen molar-refractivity contribution in [3.8, 4) is 0 Å². The molecule has 0 spiro atoms. The van der Waals surface area contributed by atoms with Crippen LogP contribution >= 0.6 is 0 Å². The van der Waals surface area contributed by atoms with Gasteiger partial charge in [-0.3, -0.25) is 4.90 Å². The van der Waals surface area contributed by atoms with Crippen LogP contribution in [0.15, 0.2) is 16.9 Å². The van der Waals surface area contributed by atoms with E-state index in [9.17, 15) is 0 Å². The average Bonchev–Trinajstić information content (AvgIpc) is 3.09. The molecule has 1 N–H and O–H groups in total. The zero-order valence-electron chi connectivity index (χ0n) is 12.8. The molecule has 0 radical (unpaired) electrons. The second-order valence-electron chi connectivity index (χ2n) is 5.79. The fourth-order valence-corrected chi connectivity index (χ4v) is 2.63. The number of piperazine rings is 1. The molecular formula is C14H22N6O. The van der Waals surface area contributed by atoms with Crippen molar-refractivity contribution in [3.63, 3.8) is 0 Å². The Balaban J connectivity index is 1.76. The van der Waals surface area contributed by atoms with Crippen LogP contribution in [-0.2, 0) is 13.6 Å². The molecule has 2 aromatic heterocycles. The molecule has 1 aliphatic heterocycles. The molecule has 7 heteroatoms. The van der Waals surface area contributed by atoms with Crippen LogP contribution in [-0.4, -0.2) is 44.2 Å². The number of imidazole rings is 1. The van der Waals surface area contributed by atoms with E-state index < -0.39 is 0 Å². The Labute approximate surface area is 124 Å². The summed E-state index contributed by atoms with van der Waals surface area (Å²) in [6.07, 6.45) is 3.82. The van der Waals surface area contributed by atoms with Crippen LogP contribution in [0.25, 0.3) is 0 Å². The van der Waals surface area contributed by atoms with Crippen LogP contribution in [0, 0.1) is 0 Å². The topological polar surface area (TPSA) is 72.0 Å². The van der Waals surface area contributed by atoms with E-state index in [1.807, 2.05) is 19.4 Å². The van der Waals surface area contributed by atoms with Gasteiger partial charge in [0.25, 0.3) is 0 Å². The number of hydrogen-bond acceptors (Lipinski definition) is 6. The normalized spacial score (nSPS) is 20.3. The molecule has 3 rings (SSSR count). The number of rotatable bonds is 4. The highest BCUT2D eigenvalue weighted by Crippen LogP contribution is 2.22. The van der Waals surface area contributed by atoms with E-state index in [0.29, 0.717) is 12.4 Å². The van der Waals surface area contributed by atoms with Gasteiger partial charge in [-0.2, -0.15) is 4.98 Å². The molecular weight excluding hydrogens is 268 g/mol. The third kappa shape index (κ3) is 2.98. The summed E-state index contributed by atoms with van der Waals surface area (Å²) in [5.74, 6) is 2.80. The van der Waals surface area contributed by atoms with Gasteiger partial charge in [-0.25, -0.2) is 4.98 Å². The lowest BCUT2D eigenvalue weighted by molar-refractivity contribution is 0.128. The Hall–Kier alpha value is -1.73. The molecule has 3 heterocycles. The molecule has 1 aliphatic rings. The van der Waals surface area contributed by atoms with Crippen LogP contribution in [0.4, 0.5) is 0 Å². The summed E-state index contributed by atoms with van der Waals surface area (Å²) in [6.45, 7) is 7.59. The van der Waals surface area contributed by atoms with Gasteiger partial charge in [-0.1, -0.05) is 19.0 Å². The summed E-state index contributed by atoms with van der Waals surface area (Å²) in [6, 6.07) is 0.230. The van der Waals surface area contributed by atoms with E-state index in [2.05, 4.69) is 43.8 Å². The smallest absolute Gasteiger partial charge is 0.240 e. The van der Waals surface area contributed by atoms with Gasteiger partial charge in [0.05, 0.1) is 12.6 Å². The Morgan fingerprint density at radius 1 is 1.48 bits per heavy atom.